The minimum absolute atomic E-state index is 0.0384. The molecule has 1 aromatic carbocycles. The summed E-state index contributed by atoms with van der Waals surface area (Å²) in [4.78, 5) is 0. The number of rotatable bonds is 7. The quantitative estimate of drug-likeness (QED) is 0.772. The Morgan fingerprint density at radius 1 is 1.33 bits per heavy atom. The maximum absolute atomic E-state index is 12.2. The van der Waals surface area contributed by atoms with Crippen LogP contribution in [0, 0.1) is 5.92 Å². The molecule has 9 heteroatoms. The van der Waals surface area contributed by atoms with Gasteiger partial charge in [-0.15, -0.1) is 11.6 Å². The standard InChI is InChI=1S/C12H15ClF3NO3S/c1-9(6-13)7-21(18,19)17-10-4-2-3-5-11(10)20-8-12(14,15)16/h2-5,9,17H,6-8H2,1H3. The molecule has 1 aromatic rings. The molecule has 1 N–H and O–H groups in total. The lowest BCUT2D eigenvalue weighted by Gasteiger charge is -2.15. The van der Waals surface area contributed by atoms with E-state index in [1.165, 1.54) is 24.3 Å². The number of alkyl halides is 4. The number of halogens is 4. The van der Waals surface area contributed by atoms with E-state index < -0.39 is 22.8 Å². The molecule has 0 bridgehead atoms. The van der Waals surface area contributed by atoms with Gasteiger partial charge in [0.15, 0.2) is 6.61 Å². The molecular formula is C12H15ClF3NO3S. The number of nitrogens with one attached hydrogen (secondary N) is 1. The molecule has 120 valence electrons. The van der Waals surface area contributed by atoms with Gasteiger partial charge in [0.2, 0.25) is 10.0 Å². The lowest BCUT2D eigenvalue weighted by atomic mass is 10.3. The predicted molar refractivity (Wildman–Crippen MR) is 75.3 cm³/mol. The van der Waals surface area contributed by atoms with Gasteiger partial charge in [0, 0.05) is 5.88 Å². The van der Waals surface area contributed by atoms with E-state index in [9.17, 15) is 21.6 Å². The van der Waals surface area contributed by atoms with E-state index in [1.54, 1.807) is 6.92 Å². The minimum atomic E-state index is -4.50. The summed E-state index contributed by atoms with van der Waals surface area (Å²) in [6.45, 7) is 0.155. The van der Waals surface area contributed by atoms with Crippen LogP contribution in [0.25, 0.3) is 0 Å². The maximum Gasteiger partial charge on any atom is 0.422 e. The van der Waals surface area contributed by atoms with E-state index in [0.29, 0.717) is 0 Å². The predicted octanol–water partition coefficient (Wildman–Crippen LogP) is 3.24. The van der Waals surface area contributed by atoms with Crippen LogP contribution in [0.5, 0.6) is 5.75 Å². The Balaban J connectivity index is 2.84. The van der Waals surface area contributed by atoms with Crippen LogP contribution in [-0.4, -0.2) is 32.8 Å². The number of sulfonamides is 1. The van der Waals surface area contributed by atoms with Crippen LogP contribution < -0.4 is 9.46 Å². The smallest absolute Gasteiger partial charge is 0.422 e. The number of ether oxygens (including phenoxy) is 1. The molecule has 0 heterocycles. The highest BCUT2D eigenvalue weighted by Crippen LogP contribution is 2.27. The first-order valence-electron chi connectivity index (χ1n) is 5.98. The van der Waals surface area contributed by atoms with Crippen molar-refractivity contribution in [3.05, 3.63) is 24.3 Å². The summed E-state index contributed by atoms with van der Waals surface area (Å²) in [7, 11) is -3.72. The molecule has 0 aliphatic heterocycles. The zero-order chi connectivity index (χ0) is 16.1. The molecule has 0 aliphatic carbocycles. The third kappa shape index (κ3) is 6.90. The first-order chi connectivity index (χ1) is 9.63. The maximum atomic E-state index is 12.2. The summed E-state index contributed by atoms with van der Waals surface area (Å²) in [5.41, 5.74) is -0.0384. The highest BCUT2D eigenvalue weighted by molar-refractivity contribution is 7.92. The van der Waals surface area contributed by atoms with E-state index in [4.69, 9.17) is 11.6 Å². The Kier molecular flexibility index (Phi) is 6.15. The molecule has 0 aliphatic rings. The molecule has 21 heavy (non-hydrogen) atoms. The van der Waals surface area contributed by atoms with Gasteiger partial charge >= 0.3 is 6.18 Å². The van der Waals surface area contributed by atoms with Gasteiger partial charge in [-0.25, -0.2) is 8.42 Å². The highest BCUT2D eigenvalue weighted by atomic mass is 35.5. The molecule has 0 aromatic heterocycles. The van der Waals surface area contributed by atoms with Gasteiger partial charge in [-0.1, -0.05) is 19.1 Å². The second-order valence-electron chi connectivity index (χ2n) is 4.54. The Morgan fingerprint density at radius 3 is 2.52 bits per heavy atom. The summed E-state index contributed by atoms with van der Waals surface area (Å²) in [5.74, 6) is -0.540. The fourth-order valence-corrected chi connectivity index (χ4v) is 3.16. The van der Waals surface area contributed by atoms with E-state index >= 15 is 0 Å². The van der Waals surface area contributed by atoms with Crippen molar-refractivity contribution < 1.29 is 26.3 Å². The number of hydrogen-bond acceptors (Lipinski definition) is 3. The SMILES string of the molecule is CC(CCl)CS(=O)(=O)Nc1ccccc1OCC(F)(F)F. The van der Waals surface area contributed by atoms with Gasteiger partial charge in [0.05, 0.1) is 11.4 Å². The lowest BCUT2D eigenvalue weighted by molar-refractivity contribution is -0.153. The summed E-state index contributed by atoms with van der Waals surface area (Å²) in [6, 6.07) is 5.53. The van der Waals surface area contributed by atoms with Crippen LogP contribution in [0.3, 0.4) is 0 Å². The lowest BCUT2D eigenvalue weighted by Crippen LogP contribution is -2.23. The number of anilines is 1. The van der Waals surface area contributed by atoms with Crippen molar-refractivity contribution in [3.8, 4) is 5.75 Å². The molecular weight excluding hydrogens is 331 g/mol. The van der Waals surface area contributed by atoms with Crippen molar-refractivity contribution in [2.45, 2.75) is 13.1 Å². The van der Waals surface area contributed by atoms with Crippen LogP contribution in [-0.2, 0) is 10.0 Å². The molecule has 0 radical (unpaired) electrons. The summed E-state index contributed by atoms with van der Waals surface area (Å²) < 4.78 is 67.0. The Hall–Kier alpha value is -1.15. The van der Waals surface area contributed by atoms with Crippen LogP contribution in [0.2, 0.25) is 0 Å². The fraction of sp³-hybridized carbons (Fsp3) is 0.500. The van der Waals surface area contributed by atoms with Crippen molar-refractivity contribution in [1.82, 2.24) is 0 Å². The second-order valence-corrected chi connectivity index (χ2v) is 6.62. The Morgan fingerprint density at radius 2 is 1.95 bits per heavy atom. The number of para-hydroxylation sites is 2. The van der Waals surface area contributed by atoms with E-state index in [1.807, 2.05) is 0 Å². The molecule has 1 rings (SSSR count). The third-order valence-corrected chi connectivity index (χ3v) is 4.38. The molecule has 0 spiro atoms. The highest BCUT2D eigenvalue weighted by Gasteiger charge is 2.29. The Labute approximate surface area is 126 Å². The first-order valence-corrected chi connectivity index (χ1v) is 8.16. The van der Waals surface area contributed by atoms with Gasteiger partial charge in [-0.2, -0.15) is 13.2 Å². The molecule has 0 saturated heterocycles. The normalized spacial score (nSPS) is 13.8. The summed E-state index contributed by atoms with van der Waals surface area (Å²) in [5, 5.41) is 0. The van der Waals surface area contributed by atoms with Gasteiger partial charge in [0.1, 0.15) is 5.75 Å². The fourth-order valence-electron chi connectivity index (χ4n) is 1.46. The first kappa shape index (κ1) is 17.9. The largest absolute Gasteiger partial charge is 0.482 e. The van der Waals surface area contributed by atoms with Gasteiger partial charge in [0.25, 0.3) is 0 Å². The number of hydrogen-bond donors (Lipinski definition) is 1. The van der Waals surface area contributed by atoms with Gasteiger partial charge in [-0.05, 0) is 18.1 Å². The van der Waals surface area contributed by atoms with Crippen molar-refractivity contribution in [1.29, 1.82) is 0 Å². The minimum Gasteiger partial charge on any atom is -0.482 e. The number of benzene rings is 1. The zero-order valence-corrected chi connectivity index (χ0v) is 12.7. The molecule has 0 amide bonds. The van der Waals surface area contributed by atoms with E-state index in [2.05, 4.69) is 9.46 Å². The monoisotopic (exact) mass is 345 g/mol. The molecule has 0 saturated carbocycles. The summed E-state index contributed by atoms with van der Waals surface area (Å²) in [6.07, 6.45) is -4.50. The van der Waals surface area contributed by atoms with E-state index in [0.717, 1.165) is 0 Å². The zero-order valence-electron chi connectivity index (χ0n) is 11.2. The average Bonchev–Trinajstić information content (AvgIpc) is 2.35. The van der Waals surface area contributed by atoms with Crippen LogP contribution in [0.4, 0.5) is 18.9 Å². The van der Waals surface area contributed by atoms with Gasteiger partial charge < -0.3 is 4.74 Å². The average molecular weight is 346 g/mol. The molecule has 0 fully saturated rings. The molecule has 4 nitrogen and oxygen atoms in total. The van der Waals surface area contributed by atoms with Crippen molar-refractivity contribution in [3.63, 3.8) is 0 Å². The summed E-state index contributed by atoms with van der Waals surface area (Å²) >= 11 is 5.55. The van der Waals surface area contributed by atoms with Crippen molar-refractivity contribution in [2.75, 3.05) is 23.0 Å². The molecule has 1 unspecified atom stereocenters. The van der Waals surface area contributed by atoms with Crippen LogP contribution >= 0.6 is 11.6 Å². The topological polar surface area (TPSA) is 55.4 Å². The van der Waals surface area contributed by atoms with E-state index in [-0.39, 0.29) is 29.0 Å². The van der Waals surface area contributed by atoms with Gasteiger partial charge in [-0.3, -0.25) is 4.72 Å². The van der Waals surface area contributed by atoms with Crippen molar-refractivity contribution in [2.24, 2.45) is 5.92 Å². The van der Waals surface area contributed by atoms with Crippen LogP contribution in [0.1, 0.15) is 6.92 Å². The second kappa shape index (κ2) is 7.22. The third-order valence-electron chi connectivity index (χ3n) is 2.31. The molecule has 1 atom stereocenters. The Bertz CT molecular complexity index is 563. The van der Waals surface area contributed by atoms with Crippen LogP contribution in [0.15, 0.2) is 24.3 Å². The van der Waals surface area contributed by atoms with Crippen molar-refractivity contribution >= 4 is 27.3 Å².